The van der Waals surface area contributed by atoms with Crippen LogP contribution in [0, 0.1) is 11.8 Å². The van der Waals surface area contributed by atoms with Crippen molar-refractivity contribution in [1.82, 2.24) is 5.32 Å². The molecule has 1 rings (SSSR count). The molecule has 156 valence electrons. The van der Waals surface area contributed by atoms with E-state index in [0.29, 0.717) is 12.8 Å². The van der Waals surface area contributed by atoms with E-state index in [1.54, 1.807) is 6.08 Å². The number of hydrogen-bond acceptors (Lipinski definition) is 3. The molecule has 0 fully saturated rings. The minimum atomic E-state index is -0.202. The molecular formula is C26H35NO2. The van der Waals surface area contributed by atoms with Crippen LogP contribution in [0.2, 0.25) is 0 Å². The smallest absolute Gasteiger partial charge is 0.305 e. The van der Waals surface area contributed by atoms with Crippen molar-refractivity contribution in [2.24, 2.45) is 0 Å². The Balaban J connectivity index is 2.29. The molecular weight excluding hydrogens is 358 g/mol. The summed E-state index contributed by atoms with van der Waals surface area (Å²) in [5.41, 5.74) is 3.35. The van der Waals surface area contributed by atoms with Crippen LogP contribution in [0.4, 0.5) is 0 Å². The van der Waals surface area contributed by atoms with Crippen LogP contribution in [0.15, 0.2) is 60.7 Å². The lowest BCUT2D eigenvalue weighted by atomic mass is 10.1. The number of nitrogens with one attached hydrogen (secondary N) is 1. The number of carbonyl (C=O) groups is 1. The highest BCUT2D eigenvalue weighted by Gasteiger charge is 2.00. The Kier molecular flexibility index (Phi) is 13.8. The second kappa shape index (κ2) is 16.4. The molecule has 0 heterocycles. The van der Waals surface area contributed by atoms with E-state index in [2.05, 4.69) is 65.7 Å². The summed E-state index contributed by atoms with van der Waals surface area (Å²) in [7, 11) is 1.40. The van der Waals surface area contributed by atoms with Crippen LogP contribution >= 0.6 is 0 Å². The van der Waals surface area contributed by atoms with Gasteiger partial charge < -0.3 is 10.1 Å². The van der Waals surface area contributed by atoms with Crippen molar-refractivity contribution < 1.29 is 9.53 Å². The second-order valence-electron chi connectivity index (χ2n) is 6.89. The van der Waals surface area contributed by atoms with Crippen molar-refractivity contribution in [3.63, 3.8) is 0 Å². The summed E-state index contributed by atoms with van der Waals surface area (Å²) in [6.45, 7) is 7.60. The minimum Gasteiger partial charge on any atom is -0.469 e. The topological polar surface area (TPSA) is 38.3 Å². The number of hydrogen-bond donors (Lipinski definition) is 1. The molecule has 0 aromatic heterocycles. The fraction of sp³-hybridized carbons (Fsp3) is 0.423. The van der Waals surface area contributed by atoms with Crippen LogP contribution in [0.25, 0.3) is 0 Å². The van der Waals surface area contributed by atoms with E-state index < -0.39 is 0 Å². The summed E-state index contributed by atoms with van der Waals surface area (Å²) < 4.78 is 4.65. The molecule has 0 unspecified atom stereocenters. The molecule has 1 aromatic rings. The third-order valence-corrected chi connectivity index (χ3v) is 4.49. The lowest BCUT2D eigenvalue weighted by Gasteiger charge is -2.02. The first-order valence-electron chi connectivity index (χ1n) is 10.5. The van der Waals surface area contributed by atoms with E-state index in [1.165, 1.54) is 38.4 Å². The molecule has 0 saturated carbocycles. The van der Waals surface area contributed by atoms with E-state index in [1.807, 2.05) is 12.2 Å². The largest absolute Gasteiger partial charge is 0.469 e. The maximum atomic E-state index is 11.2. The number of esters is 1. The van der Waals surface area contributed by atoms with Gasteiger partial charge in [0.2, 0.25) is 0 Å². The third kappa shape index (κ3) is 12.5. The van der Waals surface area contributed by atoms with Crippen molar-refractivity contribution >= 4 is 5.97 Å². The van der Waals surface area contributed by atoms with E-state index in [4.69, 9.17) is 0 Å². The standard InChI is InChI=1S/C26H35NO2/c1-4-6-7-8-9-10-14-24-15-17-25(18-16-24)22-27-21-12-11-13-23(5-2)19-20-26(28)29-3/h5,11-13,15-18,27H,2,4,6-9,19-22H2,1,3H3. The highest BCUT2D eigenvalue weighted by molar-refractivity contribution is 5.69. The zero-order valence-electron chi connectivity index (χ0n) is 18.0. The van der Waals surface area contributed by atoms with Crippen LogP contribution in [-0.2, 0) is 16.1 Å². The Morgan fingerprint density at radius 1 is 1.17 bits per heavy atom. The Hall–Kier alpha value is -2.57. The first-order valence-corrected chi connectivity index (χ1v) is 10.5. The van der Waals surface area contributed by atoms with Gasteiger partial charge in [-0.1, -0.05) is 81.0 Å². The third-order valence-electron chi connectivity index (χ3n) is 4.49. The zero-order valence-corrected chi connectivity index (χ0v) is 18.0. The molecule has 0 spiro atoms. The number of allylic oxidation sites excluding steroid dienone is 4. The van der Waals surface area contributed by atoms with Crippen molar-refractivity contribution in [3.8, 4) is 11.8 Å². The maximum absolute atomic E-state index is 11.2. The number of ether oxygens (including phenoxy) is 1. The molecule has 0 atom stereocenters. The molecule has 0 amide bonds. The van der Waals surface area contributed by atoms with Crippen molar-refractivity contribution in [3.05, 3.63) is 71.8 Å². The van der Waals surface area contributed by atoms with Crippen LogP contribution in [0.1, 0.15) is 63.0 Å². The number of rotatable bonds is 13. The number of methoxy groups -OCH3 is 1. The first kappa shape index (κ1) is 24.5. The quantitative estimate of drug-likeness (QED) is 0.202. The van der Waals surface area contributed by atoms with Crippen LogP contribution in [0.3, 0.4) is 0 Å². The predicted molar refractivity (Wildman–Crippen MR) is 122 cm³/mol. The molecule has 1 aromatic carbocycles. The van der Waals surface area contributed by atoms with E-state index in [9.17, 15) is 4.79 Å². The Labute approximate surface area is 176 Å². The fourth-order valence-electron chi connectivity index (χ4n) is 2.67. The molecule has 0 bridgehead atoms. The summed E-state index contributed by atoms with van der Waals surface area (Å²) in [6, 6.07) is 8.43. The first-order chi connectivity index (χ1) is 14.2. The molecule has 1 N–H and O–H groups in total. The monoisotopic (exact) mass is 393 g/mol. The molecule has 0 aliphatic carbocycles. The Morgan fingerprint density at radius 2 is 1.97 bits per heavy atom. The predicted octanol–water partition coefficient (Wildman–Crippen LogP) is 5.72. The second-order valence-corrected chi connectivity index (χ2v) is 6.89. The average Bonchev–Trinajstić information content (AvgIpc) is 2.75. The van der Waals surface area contributed by atoms with Gasteiger partial charge in [-0.05, 0) is 36.1 Å². The van der Waals surface area contributed by atoms with Gasteiger partial charge in [-0.15, -0.1) is 0 Å². The highest BCUT2D eigenvalue weighted by Crippen LogP contribution is 2.07. The Morgan fingerprint density at radius 3 is 2.66 bits per heavy atom. The molecule has 3 nitrogen and oxygen atoms in total. The van der Waals surface area contributed by atoms with E-state index in [0.717, 1.165) is 30.6 Å². The van der Waals surface area contributed by atoms with Gasteiger partial charge in [0.05, 0.1) is 7.11 Å². The summed E-state index contributed by atoms with van der Waals surface area (Å²) in [5, 5.41) is 3.39. The van der Waals surface area contributed by atoms with Gasteiger partial charge in [0.15, 0.2) is 0 Å². The van der Waals surface area contributed by atoms with Crippen molar-refractivity contribution in [2.75, 3.05) is 13.7 Å². The zero-order chi connectivity index (χ0) is 21.2. The van der Waals surface area contributed by atoms with Crippen LogP contribution < -0.4 is 5.32 Å². The van der Waals surface area contributed by atoms with E-state index in [-0.39, 0.29) is 5.97 Å². The average molecular weight is 394 g/mol. The molecule has 0 radical (unpaired) electrons. The summed E-state index contributed by atoms with van der Waals surface area (Å²) in [4.78, 5) is 11.2. The van der Waals surface area contributed by atoms with Crippen molar-refractivity contribution in [2.45, 2.75) is 58.4 Å². The molecule has 0 aliphatic heterocycles. The summed E-state index contributed by atoms with van der Waals surface area (Å²) in [6.07, 6.45) is 14.8. The number of carbonyl (C=O) groups excluding carboxylic acids is 1. The van der Waals surface area contributed by atoms with Crippen LogP contribution in [-0.4, -0.2) is 19.6 Å². The fourth-order valence-corrected chi connectivity index (χ4v) is 2.67. The maximum Gasteiger partial charge on any atom is 0.305 e. The normalized spacial score (nSPS) is 11.2. The minimum absolute atomic E-state index is 0.202. The highest BCUT2D eigenvalue weighted by atomic mass is 16.5. The van der Waals surface area contributed by atoms with Gasteiger partial charge in [-0.3, -0.25) is 4.79 Å². The van der Waals surface area contributed by atoms with E-state index >= 15 is 0 Å². The SMILES string of the molecule is C=CC(=CC=CCNCc1ccc(C#CCCCCCC)cc1)CCC(=O)OC. The molecule has 3 heteroatoms. The molecule has 29 heavy (non-hydrogen) atoms. The molecule has 0 saturated heterocycles. The van der Waals surface area contributed by atoms with Gasteiger partial charge in [0.1, 0.15) is 0 Å². The van der Waals surface area contributed by atoms with Crippen LogP contribution in [0.5, 0.6) is 0 Å². The Bertz CT molecular complexity index is 717. The lowest BCUT2D eigenvalue weighted by Crippen LogP contribution is -2.12. The van der Waals surface area contributed by atoms with Gasteiger partial charge in [-0.25, -0.2) is 0 Å². The van der Waals surface area contributed by atoms with Crippen molar-refractivity contribution in [1.29, 1.82) is 0 Å². The molecule has 0 aliphatic rings. The lowest BCUT2D eigenvalue weighted by molar-refractivity contribution is -0.140. The number of benzene rings is 1. The summed E-state index contributed by atoms with van der Waals surface area (Å²) in [5.74, 6) is 6.31. The van der Waals surface area contributed by atoms with Gasteiger partial charge in [0.25, 0.3) is 0 Å². The number of unbranched alkanes of at least 4 members (excludes halogenated alkanes) is 4. The van der Waals surface area contributed by atoms with Gasteiger partial charge in [-0.2, -0.15) is 0 Å². The summed E-state index contributed by atoms with van der Waals surface area (Å²) >= 11 is 0. The van der Waals surface area contributed by atoms with Gasteiger partial charge >= 0.3 is 5.97 Å². The van der Waals surface area contributed by atoms with Gasteiger partial charge in [0, 0.05) is 31.5 Å².